The standard InChI is InChI=1S/C49H39N3O/c1-3-33(2)49(51-48(50-32-34-15-7-4-8-16-34)39-23-26-41-40-21-13-14-22-46(40)53-47(41)31-39)52-44-27-24-37(35-17-9-5-10-18-35)29-42(44)43-30-38(25-28-45(43)52)36-19-11-6-12-20-36/h4-31,33H,3,32H2,1-2H3/b50-48-,51-49+. The van der Waals surface area contributed by atoms with Crippen LogP contribution in [-0.4, -0.2) is 16.2 Å². The summed E-state index contributed by atoms with van der Waals surface area (Å²) in [6.45, 7) is 5.01. The number of rotatable bonds is 7. The fraction of sp³-hybridized carbons (Fsp3) is 0.102. The van der Waals surface area contributed by atoms with Crippen molar-refractivity contribution < 1.29 is 4.42 Å². The van der Waals surface area contributed by atoms with E-state index in [1.165, 1.54) is 33.0 Å². The molecule has 256 valence electrons. The van der Waals surface area contributed by atoms with Crippen LogP contribution in [0.1, 0.15) is 31.4 Å². The van der Waals surface area contributed by atoms with Gasteiger partial charge in [0, 0.05) is 33.0 Å². The van der Waals surface area contributed by atoms with Gasteiger partial charge < -0.3 is 4.42 Å². The molecule has 0 aliphatic carbocycles. The van der Waals surface area contributed by atoms with Crippen LogP contribution in [0.4, 0.5) is 0 Å². The minimum Gasteiger partial charge on any atom is -0.456 e. The lowest BCUT2D eigenvalue weighted by molar-refractivity contribution is 0.669. The predicted octanol–water partition coefficient (Wildman–Crippen LogP) is 13.0. The van der Waals surface area contributed by atoms with Gasteiger partial charge in [-0.3, -0.25) is 9.56 Å². The van der Waals surface area contributed by atoms with Crippen molar-refractivity contribution in [1.29, 1.82) is 0 Å². The zero-order valence-electron chi connectivity index (χ0n) is 29.9. The lowest BCUT2D eigenvalue weighted by Gasteiger charge is -2.18. The Labute approximate surface area is 309 Å². The molecule has 0 N–H and O–H groups in total. The Kier molecular flexibility index (Phi) is 8.49. The Hall–Kier alpha value is -6.52. The van der Waals surface area contributed by atoms with Crippen molar-refractivity contribution in [2.24, 2.45) is 15.9 Å². The van der Waals surface area contributed by atoms with Gasteiger partial charge in [0.15, 0.2) is 5.84 Å². The third-order valence-electron chi connectivity index (χ3n) is 10.4. The zero-order valence-corrected chi connectivity index (χ0v) is 29.9. The molecule has 0 saturated heterocycles. The van der Waals surface area contributed by atoms with Crippen molar-refractivity contribution in [3.8, 4) is 22.3 Å². The summed E-state index contributed by atoms with van der Waals surface area (Å²) in [6, 6.07) is 59.9. The topological polar surface area (TPSA) is 42.8 Å². The van der Waals surface area contributed by atoms with Gasteiger partial charge in [0.05, 0.1) is 17.6 Å². The monoisotopic (exact) mass is 685 g/mol. The first-order chi connectivity index (χ1) is 26.1. The molecular formula is C49H39N3O. The number of hydrogen-bond donors (Lipinski definition) is 0. The molecule has 0 aliphatic heterocycles. The van der Waals surface area contributed by atoms with E-state index in [-0.39, 0.29) is 5.92 Å². The molecule has 53 heavy (non-hydrogen) atoms. The summed E-state index contributed by atoms with van der Waals surface area (Å²) in [4.78, 5) is 10.8. The van der Waals surface area contributed by atoms with Crippen molar-refractivity contribution in [1.82, 2.24) is 4.57 Å². The smallest absolute Gasteiger partial charge is 0.157 e. The van der Waals surface area contributed by atoms with Gasteiger partial charge in [0.2, 0.25) is 0 Å². The highest BCUT2D eigenvalue weighted by Crippen LogP contribution is 2.37. The van der Waals surface area contributed by atoms with Crippen molar-refractivity contribution in [2.45, 2.75) is 26.8 Å². The summed E-state index contributed by atoms with van der Waals surface area (Å²) < 4.78 is 8.73. The molecule has 4 nitrogen and oxygen atoms in total. The third-order valence-corrected chi connectivity index (χ3v) is 10.4. The molecule has 0 bridgehead atoms. The van der Waals surface area contributed by atoms with Crippen LogP contribution < -0.4 is 0 Å². The normalized spacial score (nSPS) is 13.0. The second kappa shape index (κ2) is 13.9. The summed E-state index contributed by atoms with van der Waals surface area (Å²) in [5, 5.41) is 4.59. The molecule has 0 radical (unpaired) electrons. The Morgan fingerprint density at radius 3 is 1.74 bits per heavy atom. The molecule has 0 saturated carbocycles. The number of aromatic nitrogens is 1. The lowest BCUT2D eigenvalue weighted by Crippen LogP contribution is -2.22. The number of para-hydroxylation sites is 1. The van der Waals surface area contributed by atoms with E-state index in [4.69, 9.17) is 14.4 Å². The summed E-state index contributed by atoms with van der Waals surface area (Å²) >= 11 is 0. The number of fused-ring (bicyclic) bond motifs is 6. The predicted molar refractivity (Wildman–Crippen MR) is 223 cm³/mol. The number of aliphatic imine (C=N–C) groups is 2. The van der Waals surface area contributed by atoms with Gasteiger partial charge in [0.1, 0.15) is 17.0 Å². The van der Waals surface area contributed by atoms with Crippen LogP contribution >= 0.6 is 0 Å². The minimum absolute atomic E-state index is 0.133. The average Bonchev–Trinajstić information content (AvgIpc) is 3.76. The van der Waals surface area contributed by atoms with E-state index >= 15 is 0 Å². The SMILES string of the molecule is CCC(C)/C(=N\C(=N/Cc1ccccc1)c1ccc2c(c1)oc1ccccc12)n1c2ccc(-c3ccccc3)cc2c2cc(-c3ccccc3)ccc21. The third kappa shape index (κ3) is 6.13. The van der Waals surface area contributed by atoms with Gasteiger partial charge in [-0.15, -0.1) is 0 Å². The maximum absolute atomic E-state index is 6.35. The molecule has 9 rings (SSSR count). The molecule has 9 aromatic rings. The molecular weight excluding hydrogens is 647 g/mol. The summed E-state index contributed by atoms with van der Waals surface area (Å²) in [5.74, 6) is 1.78. The van der Waals surface area contributed by atoms with E-state index in [9.17, 15) is 0 Å². The van der Waals surface area contributed by atoms with Gasteiger partial charge in [-0.2, -0.15) is 0 Å². The maximum Gasteiger partial charge on any atom is 0.157 e. The van der Waals surface area contributed by atoms with Crippen molar-refractivity contribution >= 4 is 55.4 Å². The van der Waals surface area contributed by atoms with Gasteiger partial charge in [-0.1, -0.05) is 141 Å². The number of hydrogen-bond acceptors (Lipinski definition) is 2. The van der Waals surface area contributed by atoms with Crippen LogP contribution in [0.25, 0.3) is 66.0 Å². The fourth-order valence-corrected chi connectivity index (χ4v) is 7.37. The number of nitrogens with zero attached hydrogens (tertiary/aromatic N) is 3. The van der Waals surface area contributed by atoms with E-state index in [2.05, 4.69) is 170 Å². The second-order valence-corrected chi connectivity index (χ2v) is 13.7. The molecule has 1 atom stereocenters. The first kappa shape index (κ1) is 32.4. The number of furan rings is 1. The lowest BCUT2D eigenvalue weighted by atomic mass is 10.0. The van der Waals surface area contributed by atoms with E-state index in [1.54, 1.807) is 0 Å². The first-order valence-electron chi connectivity index (χ1n) is 18.4. The van der Waals surface area contributed by atoms with Gasteiger partial charge >= 0.3 is 0 Å². The average molecular weight is 686 g/mol. The zero-order chi connectivity index (χ0) is 35.7. The quantitative estimate of drug-likeness (QED) is 0.122. The largest absolute Gasteiger partial charge is 0.456 e. The molecule has 0 amide bonds. The molecule has 4 heteroatoms. The van der Waals surface area contributed by atoms with Gasteiger partial charge in [-0.25, -0.2) is 4.99 Å². The Balaban J connectivity index is 1.28. The Bertz CT molecular complexity index is 2690. The first-order valence-corrected chi connectivity index (χ1v) is 18.4. The number of benzene rings is 7. The van der Waals surface area contributed by atoms with Crippen LogP contribution in [-0.2, 0) is 6.54 Å². The summed E-state index contributed by atoms with van der Waals surface area (Å²) in [5.41, 5.74) is 10.8. The molecule has 0 spiro atoms. The summed E-state index contributed by atoms with van der Waals surface area (Å²) in [7, 11) is 0. The van der Waals surface area contributed by atoms with Gasteiger partial charge in [0.25, 0.3) is 0 Å². The Morgan fingerprint density at radius 1 is 0.547 bits per heavy atom. The summed E-state index contributed by atoms with van der Waals surface area (Å²) in [6.07, 6.45) is 0.915. The highest BCUT2D eigenvalue weighted by molar-refractivity contribution is 6.19. The van der Waals surface area contributed by atoms with E-state index in [1.807, 2.05) is 18.2 Å². The van der Waals surface area contributed by atoms with E-state index in [0.717, 1.165) is 56.4 Å². The van der Waals surface area contributed by atoms with E-state index in [0.29, 0.717) is 12.4 Å². The molecule has 0 aliphatic rings. The van der Waals surface area contributed by atoms with Gasteiger partial charge in [-0.05, 0) is 76.7 Å². The highest BCUT2D eigenvalue weighted by atomic mass is 16.3. The van der Waals surface area contributed by atoms with Crippen LogP contribution in [0.3, 0.4) is 0 Å². The molecule has 7 aromatic carbocycles. The van der Waals surface area contributed by atoms with Crippen LogP contribution in [0.5, 0.6) is 0 Å². The molecule has 0 fully saturated rings. The maximum atomic E-state index is 6.35. The minimum atomic E-state index is 0.133. The van der Waals surface area contributed by atoms with Crippen LogP contribution in [0.15, 0.2) is 184 Å². The van der Waals surface area contributed by atoms with Crippen LogP contribution in [0.2, 0.25) is 0 Å². The molecule has 2 heterocycles. The number of amidine groups is 1. The van der Waals surface area contributed by atoms with Crippen molar-refractivity contribution in [2.75, 3.05) is 0 Å². The molecule has 1 unspecified atom stereocenters. The van der Waals surface area contributed by atoms with Crippen LogP contribution in [0, 0.1) is 5.92 Å². The fourth-order valence-electron chi connectivity index (χ4n) is 7.37. The highest BCUT2D eigenvalue weighted by Gasteiger charge is 2.22. The van der Waals surface area contributed by atoms with Crippen molar-refractivity contribution in [3.05, 3.63) is 181 Å². The van der Waals surface area contributed by atoms with E-state index < -0.39 is 0 Å². The molecule has 2 aromatic heterocycles. The Morgan fingerprint density at radius 2 is 1.11 bits per heavy atom. The van der Waals surface area contributed by atoms with Crippen molar-refractivity contribution in [3.63, 3.8) is 0 Å². The second-order valence-electron chi connectivity index (χ2n) is 13.7.